The summed E-state index contributed by atoms with van der Waals surface area (Å²) in [5.41, 5.74) is 1.03. The van der Waals surface area contributed by atoms with Gasteiger partial charge < -0.3 is 8.83 Å². The molecule has 0 fully saturated rings. The first-order valence-corrected chi connectivity index (χ1v) is 24.2. The standard InChI is InChI=1S/C60H34N8O4S2/c1-33(2)39-7-5-9-47-45(23-39)57(59(69)71-47)55(37-15-11-35(12-16-37)41(25-61)26-62)53(43(29-65)30-66)51-21-19-49(73-51)50-20-22-52(74-50)54(44(31-67)32-68)56(38-17-13-36(14-18-38)42(27-63)28-64)58-46-24-40(34(3)4)8-6-10-48(46)72-60(58)70/h5-24,33-34H,1-4H3. The maximum Gasteiger partial charge on any atom is 0.344 e. The zero-order valence-electron chi connectivity index (χ0n) is 39.7. The van der Waals surface area contributed by atoms with Gasteiger partial charge in [-0.15, -0.1) is 22.7 Å². The van der Waals surface area contributed by atoms with Crippen molar-refractivity contribution in [1.29, 1.82) is 42.1 Å². The van der Waals surface area contributed by atoms with E-state index in [0.29, 0.717) is 51.5 Å². The Balaban J connectivity index is 1.39. The summed E-state index contributed by atoms with van der Waals surface area (Å²) >= 11 is 2.41. The van der Waals surface area contributed by atoms with Crippen molar-refractivity contribution >= 4 is 56.1 Å². The molecule has 0 saturated heterocycles. The molecule has 0 spiro atoms. The highest BCUT2D eigenvalue weighted by atomic mass is 32.1. The number of nitriles is 8. The summed E-state index contributed by atoms with van der Waals surface area (Å²) in [6.45, 7) is 8.00. The number of fused-ring (bicyclic) bond motifs is 2. The van der Waals surface area contributed by atoms with Crippen molar-refractivity contribution in [3.63, 3.8) is 0 Å². The SMILES string of the molecule is CC(C)c1cccc2oc(=O)c(C(C(=C(C#N)C#N)c3ccc(-c4ccc(C(=C(C#N)C#N)C(c5c6cc(C(C)C)cccc-6oc5=O)=c5ccc(=C(C#N)C#N)cc5)s4)s3)=c3ccc(=C(C#N)C#N)cc3)c-2c1. The van der Waals surface area contributed by atoms with Crippen LogP contribution in [0, 0.1) is 90.6 Å². The molecular formula is C60H34N8O4S2. The number of nitrogens with zero attached hydrogens (tertiary/aromatic N) is 8. The minimum Gasteiger partial charge on any atom is -0.422 e. The van der Waals surface area contributed by atoms with Crippen molar-refractivity contribution in [3.8, 4) is 81.0 Å². The van der Waals surface area contributed by atoms with Crippen LogP contribution in [-0.2, 0) is 0 Å². The van der Waals surface area contributed by atoms with Crippen LogP contribution in [0.2, 0.25) is 0 Å². The zero-order chi connectivity index (χ0) is 52.8. The van der Waals surface area contributed by atoms with E-state index in [9.17, 15) is 51.7 Å². The van der Waals surface area contributed by atoms with E-state index in [1.54, 1.807) is 97.1 Å². The van der Waals surface area contributed by atoms with Gasteiger partial charge in [0.25, 0.3) is 0 Å². The molecule has 2 aromatic carbocycles. The molecular weight excluding hydrogens is 961 g/mol. The Kier molecular flexibility index (Phi) is 14.4. The normalized spacial score (nSPS) is 10.4. The molecule has 0 radical (unpaired) electrons. The number of rotatable bonds is 9. The van der Waals surface area contributed by atoms with Crippen LogP contribution in [0.3, 0.4) is 0 Å². The van der Waals surface area contributed by atoms with E-state index in [2.05, 4.69) is 0 Å². The van der Waals surface area contributed by atoms with Gasteiger partial charge in [0.15, 0.2) is 0 Å². The molecule has 4 heterocycles. The van der Waals surface area contributed by atoms with Crippen LogP contribution in [0.5, 0.6) is 0 Å². The molecule has 350 valence electrons. The van der Waals surface area contributed by atoms with E-state index in [4.69, 9.17) is 8.83 Å². The fraction of sp³-hybridized carbons (Fsp3) is 0.100. The molecule has 0 atom stereocenters. The van der Waals surface area contributed by atoms with E-state index in [0.717, 1.165) is 11.1 Å². The van der Waals surface area contributed by atoms with Crippen LogP contribution in [0.1, 0.15) is 71.5 Å². The summed E-state index contributed by atoms with van der Waals surface area (Å²) in [4.78, 5) is 30.5. The summed E-state index contributed by atoms with van der Waals surface area (Å²) < 4.78 is 11.7. The van der Waals surface area contributed by atoms with E-state index in [-0.39, 0.29) is 79.1 Å². The summed E-state index contributed by atoms with van der Waals surface area (Å²) in [6.07, 6.45) is 0. The van der Waals surface area contributed by atoms with Crippen molar-refractivity contribution in [3.05, 3.63) is 206 Å². The van der Waals surface area contributed by atoms with Crippen molar-refractivity contribution in [2.45, 2.75) is 39.5 Å². The van der Waals surface area contributed by atoms with Crippen LogP contribution in [0.4, 0.5) is 0 Å². The van der Waals surface area contributed by atoms with Gasteiger partial charge in [-0.1, -0.05) is 100 Å². The molecule has 14 heteroatoms. The van der Waals surface area contributed by atoms with Crippen molar-refractivity contribution in [2.24, 2.45) is 0 Å². The minimum absolute atomic E-state index is 0.0337. The van der Waals surface area contributed by atoms with Crippen LogP contribution in [0.25, 0.3) is 65.8 Å². The minimum atomic E-state index is -0.727. The van der Waals surface area contributed by atoms with Crippen molar-refractivity contribution in [2.75, 3.05) is 0 Å². The van der Waals surface area contributed by atoms with Crippen LogP contribution >= 0.6 is 22.7 Å². The third kappa shape index (κ3) is 9.34. The Hall–Kier alpha value is -10.4. The lowest BCUT2D eigenvalue weighted by Gasteiger charge is -2.12. The molecule has 0 saturated carbocycles. The van der Waals surface area contributed by atoms with E-state index < -0.39 is 11.3 Å². The van der Waals surface area contributed by atoms with Gasteiger partial charge in [0.05, 0.1) is 11.1 Å². The molecule has 4 aromatic rings. The Morgan fingerprint density at radius 2 is 0.770 bits per heavy atom. The number of allylic oxidation sites excluding steroid dienone is 4. The second-order valence-corrected chi connectivity index (χ2v) is 19.3. The average molecular weight is 995 g/mol. The van der Waals surface area contributed by atoms with Gasteiger partial charge in [-0.3, -0.25) is 0 Å². The Morgan fingerprint density at radius 1 is 0.432 bits per heavy atom. The van der Waals surface area contributed by atoms with Crippen LogP contribution in [0.15, 0.2) is 151 Å². The molecule has 2 aliphatic heterocycles. The van der Waals surface area contributed by atoms with Gasteiger partial charge in [-0.2, -0.15) is 42.1 Å². The Morgan fingerprint density at radius 3 is 1.08 bits per heavy atom. The van der Waals surface area contributed by atoms with Gasteiger partial charge in [0.2, 0.25) is 0 Å². The quantitative estimate of drug-likeness (QED) is 0.123. The van der Waals surface area contributed by atoms with Crippen LogP contribution < -0.4 is 32.1 Å². The number of benzene rings is 2. The van der Waals surface area contributed by atoms with Crippen molar-refractivity contribution in [1.82, 2.24) is 0 Å². The van der Waals surface area contributed by atoms with Gasteiger partial charge in [0.1, 0.15) is 82.4 Å². The summed E-state index contributed by atoms with van der Waals surface area (Å²) in [7, 11) is 0. The maximum atomic E-state index is 14.2. The number of hydrogen-bond donors (Lipinski definition) is 0. The summed E-state index contributed by atoms with van der Waals surface area (Å²) in [5.74, 6) is 0.600. The second-order valence-electron chi connectivity index (χ2n) is 17.1. The lowest BCUT2D eigenvalue weighted by Crippen LogP contribution is -2.17. The number of thiophene rings is 2. The topological polar surface area (TPSA) is 251 Å². The first-order chi connectivity index (χ1) is 35.8. The largest absolute Gasteiger partial charge is 0.422 e. The third-order valence-corrected chi connectivity index (χ3v) is 14.6. The highest BCUT2D eigenvalue weighted by molar-refractivity contribution is 7.23. The van der Waals surface area contributed by atoms with E-state index in [1.165, 1.54) is 22.7 Å². The van der Waals surface area contributed by atoms with Crippen molar-refractivity contribution < 1.29 is 8.83 Å². The zero-order valence-corrected chi connectivity index (χ0v) is 41.4. The van der Waals surface area contributed by atoms with Gasteiger partial charge >= 0.3 is 11.3 Å². The monoisotopic (exact) mass is 994 g/mol. The molecule has 8 rings (SSSR count). The number of hydrogen-bond acceptors (Lipinski definition) is 14. The van der Waals surface area contributed by atoms with Crippen LogP contribution in [-0.4, -0.2) is 0 Å². The first-order valence-electron chi connectivity index (χ1n) is 22.6. The molecule has 74 heavy (non-hydrogen) atoms. The fourth-order valence-corrected chi connectivity index (χ4v) is 10.7. The number of furan rings is 2. The summed E-state index contributed by atoms with van der Waals surface area (Å²) in [6, 6.07) is 49.7. The molecule has 0 N–H and O–H groups in total. The molecule has 0 amide bonds. The molecule has 0 unspecified atom stereocenters. The first kappa shape index (κ1) is 50.0. The fourth-order valence-electron chi connectivity index (χ4n) is 8.50. The van der Waals surface area contributed by atoms with Gasteiger partial charge in [-0.05, 0) is 81.9 Å². The molecule has 2 aromatic heterocycles. The summed E-state index contributed by atoms with van der Waals surface area (Å²) in [5, 5.41) is 82.6. The predicted molar refractivity (Wildman–Crippen MR) is 281 cm³/mol. The Labute approximate surface area is 431 Å². The lowest BCUT2D eigenvalue weighted by molar-refractivity contribution is 0.543. The predicted octanol–water partition coefficient (Wildman–Crippen LogP) is 9.64. The van der Waals surface area contributed by atoms with Gasteiger partial charge in [-0.25, -0.2) is 9.59 Å². The molecule has 12 nitrogen and oxygen atoms in total. The third-order valence-electron chi connectivity index (χ3n) is 12.2. The maximum absolute atomic E-state index is 14.2. The molecule has 0 bridgehead atoms. The molecule has 4 aliphatic rings. The van der Waals surface area contributed by atoms with E-state index in [1.807, 2.05) is 101 Å². The Bertz CT molecular complexity index is 4030. The van der Waals surface area contributed by atoms with Gasteiger partial charge in [0, 0.05) is 63.4 Å². The van der Waals surface area contributed by atoms with E-state index >= 15 is 0 Å². The second kappa shape index (κ2) is 21.3. The average Bonchev–Trinajstić information content (AvgIpc) is 4.15. The lowest BCUT2D eigenvalue weighted by atomic mass is 9.89. The highest BCUT2D eigenvalue weighted by Crippen LogP contribution is 2.46. The highest BCUT2D eigenvalue weighted by Gasteiger charge is 2.30. The smallest absolute Gasteiger partial charge is 0.344 e. The molecule has 2 aliphatic carbocycles.